The number of rotatable bonds is 2. The molecule has 15 heavy (non-hydrogen) atoms. The Morgan fingerprint density at radius 3 is 2.20 bits per heavy atom. The van der Waals surface area contributed by atoms with Gasteiger partial charge in [0.2, 0.25) is 0 Å². The maximum atomic E-state index is 11.0. The first kappa shape index (κ1) is 13.4. The maximum absolute atomic E-state index is 11.0. The summed E-state index contributed by atoms with van der Waals surface area (Å²) in [6, 6.07) is 9.66. The van der Waals surface area contributed by atoms with E-state index in [1.165, 1.54) is 7.11 Å². The summed E-state index contributed by atoms with van der Waals surface area (Å²) in [7, 11) is 1.38. The molecule has 0 amide bonds. The molecule has 0 fully saturated rings. The lowest BCUT2D eigenvalue weighted by Gasteiger charge is -1.98. The van der Waals surface area contributed by atoms with E-state index in [0.29, 0.717) is 5.57 Å². The Bertz CT molecular complexity index is 313. The van der Waals surface area contributed by atoms with Crippen LogP contribution in [0.3, 0.4) is 0 Å². The standard InChI is InChI=1S/C11H12O2.C2H6/c1-9(11(12)13-2)8-10-6-4-3-5-7-10;1-2/h3-8H,1-2H3;1-2H3/b9-8+;. The molecule has 0 aliphatic heterocycles. The van der Waals surface area contributed by atoms with Crippen LogP contribution in [0.25, 0.3) is 6.08 Å². The van der Waals surface area contributed by atoms with E-state index < -0.39 is 0 Å². The number of carbonyl (C=O) groups is 1. The highest BCUT2D eigenvalue weighted by Gasteiger charge is 2.01. The molecule has 2 heteroatoms. The predicted octanol–water partition coefficient (Wildman–Crippen LogP) is 3.29. The molecule has 0 atom stereocenters. The lowest BCUT2D eigenvalue weighted by Crippen LogP contribution is -2.00. The van der Waals surface area contributed by atoms with Crippen molar-refractivity contribution >= 4 is 12.0 Å². The number of ether oxygens (including phenoxy) is 1. The molecule has 1 rings (SSSR count). The number of hydrogen-bond donors (Lipinski definition) is 0. The normalized spacial score (nSPS) is 10.0. The van der Waals surface area contributed by atoms with Gasteiger partial charge in [-0.1, -0.05) is 44.2 Å². The first-order valence-corrected chi connectivity index (χ1v) is 5.05. The summed E-state index contributed by atoms with van der Waals surface area (Å²) in [5.41, 5.74) is 1.61. The van der Waals surface area contributed by atoms with Gasteiger partial charge in [0.1, 0.15) is 0 Å². The van der Waals surface area contributed by atoms with E-state index in [1.54, 1.807) is 13.0 Å². The summed E-state index contributed by atoms with van der Waals surface area (Å²) < 4.78 is 4.58. The van der Waals surface area contributed by atoms with E-state index in [9.17, 15) is 4.79 Å². The second-order valence-electron chi connectivity index (χ2n) is 2.73. The van der Waals surface area contributed by atoms with Gasteiger partial charge in [0.15, 0.2) is 0 Å². The lowest BCUT2D eigenvalue weighted by atomic mass is 10.1. The van der Waals surface area contributed by atoms with Crippen LogP contribution in [-0.4, -0.2) is 13.1 Å². The number of hydrogen-bond acceptors (Lipinski definition) is 2. The van der Waals surface area contributed by atoms with Crippen LogP contribution in [0.5, 0.6) is 0 Å². The zero-order valence-corrected chi connectivity index (χ0v) is 9.78. The molecular weight excluding hydrogens is 188 g/mol. The van der Waals surface area contributed by atoms with Crippen molar-refractivity contribution in [3.63, 3.8) is 0 Å². The third kappa shape index (κ3) is 5.01. The molecule has 0 bridgehead atoms. The highest BCUT2D eigenvalue weighted by Crippen LogP contribution is 2.06. The number of carbonyl (C=O) groups excluding carboxylic acids is 1. The van der Waals surface area contributed by atoms with Crippen molar-refractivity contribution < 1.29 is 9.53 Å². The Hall–Kier alpha value is -1.57. The average molecular weight is 206 g/mol. The molecule has 0 unspecified atom stereocenters. The van der Waals surface area contributed by atoms with Gasteiger partial charge in [-0.15, -0.1) is 0 Å². The van der Waals surface area contributed by atoms with Crippen LogP contribution in [0, 0.1) is 0 Å². The van der Waals surface area contributed by atoms with Crippen LogP contribution in [0.15, 0.2) is 35.9 Å². The van der Waals surface area contributed by atoms with Gasteiger partial charge in [-0.25, -0.2) is 4.79 Å². The molecular formula is C13H18O2. The monoisotopic (exact) mass is 206 g/mol. The van der Waals surface area contributed by atoms with Gasteiger partial charge in [-0.2, -0.15) is 0 Å². The molecule has 0 aromatic heterocycles. The van der Waals surface area contributed by atoms with Crippen molar-refractivity contribution in [2.45, 2.75) is 20.8 Å². The summed E-state index contributed by atoms with van der Waals surface area (Å²) in [5.74, 6) is -0.288. The molecule has 1 aromatic rings. The summed E-state index contributed by atoms with van der Waals surface area (Å²) in [5, 5.41) is 0. The molecule has 0 heterocycles. The molecule has 82 valence electrons. The van der Waals surface area contributed by atoms with Gasteiger partial charge in [0.05, 0.1) is 7.11 Å². The Labute approximate surface area is 91.6 Å². The van der Waals surface area contributed by atoms with Crippen molar-refractivity contribution in [1.82, 2.24) is 0 Å². The summed E-state index contributed by atoms with van der Waals surface area (Å²) in [6.07, 6.45) is 1.80. The van der Waals surface area contributed by atoms with Crippen LogP contribution in [0.1, 0.15) is 26.3 Å². The van der Waals surface area contributed by atoms with Gasteiger partial charge in [0, 0.05) is 5.57 Å². The van der Waals surface area contributed by atoms with Crippen molar-refractivity contribution in [2.24, 2.45) is 0 Å². The topological polar surface area (TPSA) is 26.3 Å². The Balaban J connectivity index is 0.000000921. The second-order valence-corrected chi connectivity index (χ2v) is 2.73. The Morgan fingerprint density at radius 2 is 1.73 bits per heavy atom. The second kappa shape index (κ2) is 7.80. The first-order chi connectivity index (χ1) is 7.24. The molecule has 1 aromatic carbocycles. The minimum atomic E-state index is -0.288. The highest BCUT2D eigenvalue weighted by atomic mass is 16.5. The Morgan fingerprint density at radius 1 is 1.20 bits per heavy atom. The fraction of sp³-hybridized carbons (Fsp3) is 0.308. The van der Waals surface area contributed by atoms with Crippen LogP contribution in [-0.2, 0) is 9.53 Å². The van der Waals surface area contributed by atoms with E-state index in [1.807, 2.05) is 44.2 Å². The quantitative estimate of drug-likeness (QED) is 0.548. The number of benzene rings is 1. The molecule has 0 spiro atoms. The molecule has 2 nitrogen and oxygen atoms in total. The largest absolute Gasteiger partial charge is 0.466 e. The van der Waals surface area contributed by atoms with Crippen molar-refractivity contribution in [1.29, 1.82) is 0 Å². The third-order valence-electron chi connectivity index (χ3n) is 1.69. The summed E-state index contributed by atoms with van der Waals surface area (Å²) >= 11 is 0. The van der Waals surface area contributed by atoms with E-state index in [0.717, 1.165) is 5.56 Å². The van der Waals surface area contributed by atoms with E-state index in [-0.39, 0.29) is 5.97 Å². The van der Waals surface area contributed by atoms with E-state index in [4.69, 9.17) is 0 Å². The van der Waals surface area contributed by atoms with Crippen LogP contribution in [0.4, 0.5) is 0 Å². The lowest BCUT2D eigenvalue weighted by molar-refractivity contribution is -0.135. The molecule has 0 radical (unpaired) electrons. The molecule has 0 aliphatic carbocycles. The molecule has 0 N–H and O–H groups in total. The summed E-state index contributed by atoms with van der Waals surface area (Å²) in [6.45, 7) is 5.73. The predicted molar refractivity (Wildman–Crippen MR) is 63.5 cm³/mol. The fourth-order valence-electron chi connectivity index (χ4n) is 1.02. The molecule has 0 aliphatic rings. The van der Waals surface area contributed by atoms with Crippen LogP contribution >= 0.6 is 0 Å². The van der Waals surface area contributed by atoms with Gasteiger partial charge in [0.25, 0.3) is 0 Å². The maximum Gasteiger partial charge on any atom is 0.333 e. The van der Waals surface area contributed by atoms with Crippen LogP contribution in [0.2, 0.25) is 0 Å². The van der Waals surface area contributed by atoms with Gasteiger partial charge in [-0.05, 0) is 18.6 Å². The SMILES string of the molecule is CC.COC(=O)/C(C)=C/c1ccccc1. The zero-order chi connectivity index (χ0) is 11.7. The first-order valence-electron chi connectivity index (χ1n) is 5.05. The van der Waals surface area contributed by atoms with E-state index in [2.05, 4.69) is 4.74 Å². The van der Waals surface area contributed by atoms with Crippen molar-refractivity contribution in [3.8, 4) is 0 Å². The molecule has 0 saturated carbocycles. The number of esters is 1. The smallest absolute Gasteiger partial charge is 0.333 e. The minimum Gasteiger partial charge on any atom is -0.466 e. The highest BCUT2D eigenvalue weighted by molar-refractivity contribution is 5.92. The Kier molecular flexibility index (Phi) is 6.98. The van der Waals surface area contributed by atoms with Crippen molar-refractivity contribution in [3.05, 3.63) is 41.5 Å². The molecule has 0 saturated heterocycles. The van der Waals surface area contributed by atoms with Gasteiger partial charge < -0.3 is 4.74 Å². The van der Waals surface area contributed by atoms with Gasteiger partial charge >= 0.3 is 5.97 Å². The average Bonchev–Trinajstić information content (AvgIpc) is 2.32. The minimum absolute atomic E-state index is 0.288. The third-order valence-corrected chi connectivity index (χ3v) is 1.69. The van der Waals surface area contributed by atoms with Gasteiger partial charge in [-0.3, -0.25) is 0 Å². The van der Waals surface area contributed by atoms with E-state index >= 15 is 0 Å². The van der Waals surface area contributed by atoms with Crippen molar-refractivity contribution in [2.75, 3.05) is 7.11 Å². The van der Waals surface area contributed by atoms with Crippen LogP contribution < -0.4 is 0 Å². The zero-order valence-electron chi connectivity index (χ0n) is 9.78. The summed E-state index contributed by atoms with van der Waals surface area (Å²) in [4.78, 5) is 11.0. The fourth-order valence-corrected chi connectivity index (χ4v) is 1.02. The number of methoxy groups -OCH3 is 1.